The summed E-state index contributed by atoms with van der Waals surface area (Å²) in [5.41, 5.74) is 2.25. The van der Waals surface area contributed by atoms with Gasteiger partial charge >= 0.3 is 5.97 Å². The third-order valence-corrected chi connectivity index (χ3v) is 4.80. The van der Waals surface area contributed by atoms with Crippen molar-refractivity contribution in [3.8, 4) is 0 Å². The quantitative estimate of drug-likeness (QED) is 0.943. The number of nitrogens with zero attached hydrogens (tertiary/aromatic N) is 3. The lowest BCUT2D eigenvalue weighted by Gasteiger charge is -2.34. The van der Waals surface area contributed by atoms with Crippen molar-refractivity contribution < 1.29 is 9.90 Å². The summed E-state index contributed by atoms with van der Waals surface area (Å²) in [6.07, 6.45) is 1.95. The number of imidazole rings is 1. The maximum atomic E-state index is 11.1. The van der Waals surface area contributed by atoms with Gasteiger partial charge in [0.1, 0.15) is 11.9 Å². The number of hydrogen-bond donors (Lipinski definition) is 1. The fraction of sp³-hybridized carbons (Fsp3) is 0.529. The van der Waals surface area contributed by atoms with Crippen molar-refractivity contribution >= 4 is 17.0 Å². The molecule has 0 aliphatic carbocycles. The average molecular weight is 301 g/mol. The molecule has 0 radical (unpaired) electrons. The van der Waals surface area contributed by atoms with E-state index in [1.807, 2.05) is 6.07 Å². The molecule has 1 saturated heterocycles. The number of fused-ring (bicyclic) bond motifs is 1. The summed E-state index contributed by atoms with van der Waals surface area (Å²) in [4.78, 5) is 18.0. The molecule has 1 aromatic heterocycles. The van der Waals surface area contributed by atoms with Crippen LogP contribution in [0.4, 0.5) is 0 Å². The number of hydrogen-bond acceptors (Lipinski definition) is 3. The maximum Gasteiger partial charge on any atom is 0.320 e. The Labute approximate surface area is 130 Å². The summed E-state index contributed by atoms with van der Waals surface area (Å²) in [7, 11) is 0. The van der Waals surface area contributed by atoms with Gasteiger partial charge < -0.3 is 9.67 Å². The smallest absolute Gasteiger partial charge is 0.320 e. The zero-order valence-electron chi connectivity index (χ0n) is 13.2. The van der Waals surface area contributed by atoms with E-state index < -0.39 is 12.0 Å². The van der Waals surface area contributed by atoms with E-state index in [1.54, 1.807) is 6.92 Å². The lowest BCUT2D eigenvalue weighted by molar-refractivity contribution is -0.143. The zero-order valence-corrected chi connectivity index (χ0v) is 13.2. The Bertz CT molecular complexity index is 672. The largest absolute Gasteiger partial charge is 0.480 e. The van der Waals surface area contributed by atoms with Crippen molar-refractivity contribution in [1.29, 1.82) is 0 Å². The first kappa shape index (κ1) is 15.0. The van der Waals surface area contributed by atoms with Crippen molar-refractivity contribution in [1.82, 2.24) is 14.5 Å². The summed E-state index contributed by atoms with van der Waals surface area (Å²) < 4.78 is 2.30. The van der Waals surface area contributed by atoms with E-state index in [2.05, 4.69) is 34.6 Å². The standard InChI is InChI=1S/C17H23N3O2/c1-3-20-15-7-5-4-6-14(15)18-16(20)13-8-10-19(11-9-13)12(2)17(21)22/h4-7,12-13H,3,8-11H2,1-2H3,(H,21,22). The molecule has 1 atom stereocenters. The molecule has 0 amide bonds. The Morgan fingerprint density at radius 2 is 2.05 bits per heavy atom. The Morgan fingerprint density at radius 1 is 1.36 bits per heavy atom. The van der Waals surface area contributed by atoms with Gasteiger partial charge in [0.2, 0.25) is 0 Å². The number of piperidine rings is 1. The predicted octanol–water partition coefficient (Wildman–Crippen LogP) is 2.71. The van der Waals surface area contributed by atoms with Gasteiger partial charge in [0.15, 0.2) is 0 Å². The molecule has 5 nitrogen and oxygen atoms in total. The number of aliphatic carboxylic acids is 1. The highest BCUT2D eigenvalue weighted by molar-refractivity contribution is 5.76. The molecule has 0 bridgehead atoms. The van der Waals surface area contributed by atoms with Crippen LogP contribution in [0, 0.1) is 0 Å². The molecule has 0 spiro atoms. The first-order valence-corrected chi connectivity index (χ1v) is 8.03. The Morgan fingerprint density at radius 3 is 2.68 bits per heavy atom. The van der Waals surface area contributed by atoms with Crippen LogP contribution >= 0.6 is 0 Å². The third-order valence-electron chi connectivity index (χ3n) is 4.80. The van der Waals surface area contributed by atoms with Crippen LogP contribution in [0.1, 0.15) is 38.4 Å². The molecule has 2 aromatic rings. The average Bonchev–Trinajstić information content (AvgIpc) is 2.92. The van der Waals surface area contributed by atoms with Gasteiger partial charge in [-0.25, -0.2) is 4.98 Å². The number of carboxylic acid groups (broad SMARTS) is 1. The van der Waals surface area contributed by atoms with E-state index in [-0.39, 0.29) is 0 Å². The monoisotopic (exact) mass is 301 g/mol. The molecule has 1 unspecified atom stereocenters. The van der Waals surface area contributed by atoms with E-state index in [1.165, 1.54) is 5.52 Å². The van der Waals surface area contributed by atoms with Gasteiger partial charge in [0, 0.05) is 12.5 Å². The molecule has 2 heterocycles. The molecule has 1 aliphatic rings. The lowest BCUT2D eigenvalue weighted by Crippen LogP contribution is -2.43. The lowest BCUT2D eigenvalue weighted by atomic mass is 9.95. The highest BCUT2D eigenvalue weighted by Gasteiger charge is 2.29. The molecule has 118 valence electrons. The Kier molecular flexibility index (Phi) is 4.16. The predicted molar refractivity (Wildman–Crippen MR) is 86.1 cm³/mol. The van der Waals surface area contributed by atoms with E-state index in [0.717, 1.165) is 43.8 Å². The zero-order chi connectivity index (χ0) is 15.7. The van der Waals surface area contributed by atoms with Crippen LogP contribution in [0.15, 0.2) is 24.3 Å². The van der Waals surface area contributed by atoms with Gasteiger partial charge in [-0.1, -0.05) is 12.1 Å². The summed E-state index contributed by atoms with van der Waals surface area (Å²) in [6, 6.07) is 7.86. The highest BCUT2D eigenvalue weighted by atomic mass is 16.4. The van der Waals surface area contributed by atoms with Gasteiger partial charge in [0.25, 0.3) is 0 Å². The first-order valence-electron chi connectivity index (χ1n) is 8.03. The van der Waals surface area contributed by atoms with Gasteiger partial charge in [-0.3, -0.25) is 9.69 Å². The number of aromatic nitrogens is 2. The van der Waals surface area contributed by atoms with Crippen LogP contribution in [0.3, 0.4) is 0 Å². The number of rotatable bonds is 4. The molecule has 22 heavy (non-hydrogen) atoms. The maximum absolute atomic E-state index is 11.1. The van der Waals surface area contributed by atoms with Crippen LogP contribution in [-0.2, 0) is 11.3 Å². The molecular formula is C17H23N3O2. The van der Waals surface area contributed by atoms with Crippen LogP contribution < -0.4 is 0 Å². The second-order valence-corrected chi connectivity index (χ2v) is 6.03. The molecular weight excluding hydrogens is 278 g/mol. The number of aryl methyl sites for hydroxylation is 1. The number of para-hydroxylation sites is 2. The Balaban J connectivity index is 1.80. The van der Waals surface area contributed by atoms with Crippen LogP contribution in [0.25, 0.3) is 11.0 Å². The minimum Gasteiger partial charge on any atom is -0.480 e. The van der Waals surface area contributed by atoms with Gasteiger partial charge in [-0.15, -0.1) is 0 Å². The number of likely N-dealkylation sites (tertiary alicyclic amines) is 1. The van der Waals surface area contributed by atoms with Crippen molar-refractivity contribution in [2.24, 2.45) is 0 Å². The number of benzene rings is 1. The van der Waals surface area contributed by atoms with Crippen molar-refractivity contribution in [2.45, 2.75) is 45.2 Å². The highest BCUT2D eigenvalue weighted by Crippen LogP contribution is 2.30. The summed E-state index contributed by atoms with van der Waals surface area (Å²) in [5, 5.41) is 9.14. The van der Waals surface area contributed by atoms with Crippen molar-refractivity contribution in [3.05, 3.63) is 30.1 Å². The fourth-order valence-corrected chi connectivity index (χ4v) is 3.44. The molecule has 5 heteroatoms. The molecule has 1 fully saturated rings. The number of carbonyl (C=O) groups is 1. The normalized spacial score (nSPS) is 18.6. The van der Waals surface area contributed by atoms with Crippen molar-refractivity contribution in [3.63, 3.8) is 0 Å². The second kappa shape index (κ2) is 6.08. The van der Waals surface area contributed by atoms with Gasteiger partial charge in [0.05, 0.1) is 11.0 Å². The number of carboxylic acids is 1. The summed E-state index contributed by atoms with van der Waals surface area (Å²) >= 11 is 0. The summed E-state index contributed by atoms with van der Waals surface area (Å²) in [6.45, 7) is 6.49. The second-order valence-electron chi connectivity index (χ2n) is 6.03. The first-order chi connectivity index (χ1) is 10.6. The van der Waals surface area contributed by atoms with Crippen LogP contribution in [0.2, 0.25) is 0 Å². The van der Waals surface area contributed by atoms with Crippen LogP contribution in [-0.4, -0.2) is 44.7 Å². The molecule has 1 aliphatic heterocycles. The molecule has 1 aromatic carbocycles. The topological polar surface area (TPSA) is 58.4 Å². The van der Waals surface area contributed by atoms with Gasteiger partial charge in [-0.2, -0.15) is 0 Å². The third kappa shape index (κ3) is 2.61. The van der Waals surface area contributed by atoms with E-state index in [9.17, 15) is 4.79 Å². The van der Waals surface area contributed by atoms with Gasteiger partial charge in [-0.05, 0) is 51.9 Å². The fourth-order valence-electron chi connectivity index (χ4n) is 3.44. The SMILES string of the molecule is CCn1c(C2CCN(C(C)C(=O)O)CC2)nc2ccccc21. The van der Waals surface area contributed by atoms with Crippen molar-refractivity contribution in [2.75, 3.05) is 13.1 Å². The van der Waals surface area contributed by atoms with E-state index >= 15 is 0 Å². The van der Waals surface area contributed by atoms with Crippen LogP contribution in [0.5, 0.6) is 0 Å². The molecule has 3 rings (SSSR count). The molecule has 1 N–H and O–H groups in total. The Hall–Kier alpha value is -1.88. The van der Waals surface area contributed by atoms with E-state index in [0.29, 0.717) is 5.92 Å². The minimum absolute atomic E-state index is 0.397. The van der Waals surface area contributed by atoms with E-state index in [4.69, 9.17) is 10.1 Å². The summed E-state index contributed by atoms with van der Waals surface area (Å²) in [5.74, 6) is 0.843. The minimum atomic E-state index is -0.737. The molecule has 0 saturated carbocycles.